The Hall–Kier alpha value is -0.950. The van der Waals surface area contributed by atoms with Crippen molar-refractivity contribution in [1.29, 1.82) is 0 Å². The van der Waals surface area contributed by atoms with Crippen molar-refractivity contribution in [3.63, 3.8) is 0 Å². The molecule has 1 aromatic rings. The van der Waals surface area contributed by atoms with Gasteiger partial charge >= 0.3 is 0 Å². The van der Waals surface area contributed by atoms with Gasteiger partial charge in [0.25, 0.3) is 0 Å². The van der Waals surface area contributed by atoms with Crippen molar-refractivity contribution < 1.29 is 8.42 Å². The predicted molar refractivity (Wildman–Crippen MR) is 61.8 cm³/mol. The van der Waals surface area contributed by atoms with Crippen LogP contribution in [0, 0.1) is 6.92 Å². The van der Waals surface area contributed by atoms with E-state index in [0.29, 0.717) is 19.5 Å². The molecule has 0 radical (unpaired) electrons. The second kappa shape index (κ2) is 5.40. The molecule has 1 rings (SSSR count). The zero-order valence-corrected chi connectivity index (χ0v) is 10.7. The summed E-state index contributed by atoms with van der Waals surface area (Å²) in [5.74, 6) is 1.95. The highest BCUT2D eigenvalue weighted by atomic mass is 32.2. The highest BCUT2D eigenvalue weighted by molar-refractivity contribution is 7.90. The number of hydrogen-bond acceptors (Lipinski definition) is 5. The summed E-state index contributed by atoms with van der Waals surface area (Å²) in [4.78, 5) is 0. The lowest BCUT2D eigenvalue weighted by atomic mass is 10.4. The van der Waals surface area contributed by atoms with Crippen LogP contribution < -0.4 is 5.32 Å². The molecule has 0 bridgehead atoms. The van der Waals surface area contributed by atoms with Gasteiger partial charge in [-0.05, 0) is 19.9 Å². The largest absolute Gasteiger partial charge is 0.317 e. The van der Waals surface area contributed by atoms with Gasteiger partial charge < -0.3 is 9.88 Å². The molecule has 0 saturated carbocycles. The van der Waals surface area contributed by atoms with Gasteiger partial charge in [-0.2, -0.15) is 0 Å². The van der Waals surface area contributed by atoms with Gasteiger partial charge in [0.05, 0.1) is 12.3 Å². The molecule has 92 valence electrons. The Labute approximate surface area is 96.0 Å². The van der Waals surface area contributed by atoms with Crippen molar-refractivity contribution in [2.75, 3.05) is 18.6 Å². The second-order valence-electron chi connectivity index (χ2n) is 3.88. The number of nitrogens with zero attached hydrogens (tertiary/aromatic N) is 3. The van der Waals surface area contributed by atoms with Gasteiger partial charge in [-0.15, -0.1) is 10.2 Å². The molecule has 7 heteroatoms. The quantitative estimate of drug-likeness (QED) is 0.694. The van der Waals surface area contributed by atoms with E-state index in [0.717, 1.165) is 11.6 Å². The molecule has 0 spiro atoms. The van der Waals surface area contributed by atoms with Crippen LogP contribution in [0.5, 0.6) is 0 Å². The lowest BCUT2D eigenvalue weighted by molar-refractivity contribution is 0.590. The van der Waals surface area contributed by atoms with Crippen LogP contribution in [-0.2, 0) is 23.4 Å². The Morgan fingerprint density at radius 1 is 1.38 bits per heavy atom. The fourth-order valence-electron chi connectivity index (χ4n) is 1.26. The van der Waals surface area contributed by atoms with Gasteiger partial charge in [0, 0.05) is 13.3 Å². The lowest BCUT2D eigenvalue weighted by Gasteiger charge is -2.04. The molecule has 0 aliphatic carbocycles. The molecule has 1 aromatic heterocycles. The minimum absolute atomic E-state index is 0.220. The number of nitrogens with one attached hydrogen (secondary N) is 1. The summed E-state index contributed by atoms with van der Waals surface area (Å²) < 4.78 is 23.6. The van der Waals surface area contributed by atoms with Crippen molar-refractivity contribution in [3.8, 4) is 0 Å². The average molecular weight is 246 g/mol. The van der Waals surface area contributed by atoms with Gasteiger partial charge in [-0.3, -0.25) is 0 Å². The van der Waals surface area contributed by atoms with Crippen LogP contribution >= 0.6 is 0 Å². The van der Waals surface area contributed by atoms with Crippen molar-refractivity contribution >= 4 is 9.84 Å². The van der Waals surface area contributed by atoms with Crippen molar-refractivity contribution in [2.24, 2.45) is 7.05 Å². The third kappa shape index (κ3) is 4.28. The average Bonchev–Trinajstić information content (AvgIpc) is 2.47. The van der Waals surface area contributed by atoms with Crippen LogP contribution in [0.2, 0.25) is 0 Å². The zero-order valence-electron chi connectivity index (χ0n) is 9.89. The van der Waals surface area contributed by atoms with Crippen LogP contribution in [0.4, 0.5) is 0 Å². The Morgan fingerprint density at radius 2 is 2.06 bits per heavy atom. The Balaban J connectivity index is 2.24. The minimum atomic E-state index is -2.85. The SMILES string of the molecule is Cc1nnc(CNCCCS(C)(=O)=O)n1C. The first-order valence-electron chi connectivity index (χ1n) is 5.13. The predicted octanol–water partition coefficient (Wildman–Crippen LogP) is -0.352. The van der Waals surface area contributed by atoms with Gasteiger partial charge in [-0.1, -0.05) is 0 Å². The molecule has 16 heavy (non-hydrogen) atoms. The first kappa shape index (κ1) is 13.1. The Kier molecular flexibility index (Phi) is 4.43. The van der Waals surface area contributed by atoms with E-state index in [1.807, 2.05) is 18.5 Å². The van der Waals surface area contributed by atoms with Crippen LogP contribution in [0.1, 0.15) is 18.1 Å². The summed E-state index contributed by atoms with van der Waals surface area (Å²) in [6, 6.07) is 0. The number of aryl methyl sites for hydroxylation is 1. The zero-order chi connectivity index (χ0) is 12.2. The van der Waals surface area contributed by atoms with E-state index in [1.165, 1.54) is 6.26 Å². The van der Waals surface area contributed by atoms with E-state index in [9.17, 15) is 8.42 Å². The highest BCUT2D eigenvalue weighted by Crippen LogP contribution is 1.96. The minimum Gasteiger partial charge on any atom is -0.317 e. The standard InChI is InChI=1S/C9H18N4O2S/c1-8-11-12-9(13(8)2)7-10-5-4-6-16(3,14)15/h10H,4-7H2,1-3H3. The first-order valence-corrected chi connectivity index (χ1v) is 7.19. The smallest absolute Gasteiger partial charge is 0.147 e. The number of hydrogen-bond donors (Lipinski definition) is 1. The molecule has 0 atom stereocenters. The highest BCUT2D eigenvalue weighted by Gasteiger charge is 2.04. The maximum absolute atomic E-state index is 10.9. The van der Waals surface area contributed by atoms with Crippen LogP contribution in [0.15, 0.2) is 0 Å². The van der Waals surface area contributed by atoms with E-state index in [-0.39, 0.29) is 5.75 Å². The fourth-order valence-corrected chi connectivity index (χ4v) is 1.93. The molecule has 0 fully saturated rings. The fraction of sp³-hybridized carbons (Fsp3) is 0.778. The summed E-state index contributed by atoms with van der Waals surface area (Å²) >= 11 is 0. The molecule has 0 amide bonds. The molecule has 0 unspecified atom stereocenters. The summed E-state index contributed by atoms with van der Waals surface area (Å²) in [7, 11) is -0.941. The summed E-state index contributed by atoms with van der Waals surface area (Å²) in [6.45, 7) is 3.17. The molecule has 6 nitrogen and oxygen atoms in total. The van der Waals surface area contributed by atoms with E-state index in [2.05, 4.69) is 15.5 Å². The van der Waals surface area contributed by atoms with E-state index >= 15 is 0 Å². The van der Waals surface area contributed by atoms with Gasteiger partial charge in [0.2, 0.25) is 0 Å². The molecule has 0 aliphatic heterocycles. The van der Waals surface area contributed by atoms with Gasteiger partial charge in [0.1, 0.15) is 21.5 Å². The third-order valence-corrected chi connectivity index (χ3v) is 3.36. The molecule has 0 saturated heterocycles. The van der Waals surface area contributed by atoms with Gasteiger partial charge in [0.15, 0.2) is 0 Å². The number of rotatable bonds is 6. The Morgan fingerprint density at radius 3 is 2.56 bits per heavy atom. The Bertz CT molecular complexity index is 438. The monoisotopic (exact) mass is 246 g/mol. The molecule has 1 heterocycles. The molecular weight excluding hydrogens is 228 g/mol. The van der Waals surface area contributed by atoms with Crippen molar-refractivity contribution in [2.45, 2.75) is 19.9 Å². The normalized spacial score (nSPS) is 11.9. The van der Waals surface area contributed by atoms with E-state index in [1.54, 1.807) is 0 Å². The second-order valence-corrected chi connectivity index (χ2v) is 6.14. The van der Waals surface area contributed by atoms with Crippen molar-refractivity contribution in [1.82, 2.24) is 20.1 Å². The summed E-state index contributed by atoms with van der Waals surface area (Å²) in [5, 5.41) is 11.1. The molecule has 0 aliphatic rings. The van der Waals surface area contributed by atoms with Crippen LogP contribution in [0.3, 0.4) is 0 Å². The molecular formula is C9H18N4O2S. The molecule has 1 N–H and O–H groups in total. The maximum Gasteiger partial charge on any atom is 0.147 e. The molecule has 0 aromatic carbocycles. The first-order chi connectivity index (χ1) is 7.40. The van der Waals surface area contributed by atoms with Crippen LogP contribution in [-0.4, -0.2) is 41.7 Å². The van der Waals surface area contributed by atoms with Crippen molar-refractivity contribution in [3.05, 3.63) is 11.6 Å². The van der Waals surface area contributed by atoms with Gasteiger partial charge in [-0.25, -0.2) is 8.42 Å². The third-order valence-electron chi connectivity index (χ3n) is 2.33. The van der Waals surface area contributed by atoms with Crippen LogP contribution in [0.25, 0.3) is 0 Å². The number of aromatic nitrogens is 3. The lowest BCUT2D eigenvalue weighted by Crippen LogP contribution is -2.20. The number of sulfone groups is 1. The summed E-state index contributed by atoms with van der Waals surface area (Å²) in [5.41, 5.74) is 0. The topological polar surface area (TPSA) is 76.9 Å². The van der Waals surface area contributed by atoms with E-state index in [4.69, 9.17) is 0 Å². The maximum atomic E-state index is 10.9. The van der Waals surface area contributed by atoms with E-state index < -0.39 is 9.84 Å². The summed E-state index contributed by atoms with van der Waals surface area (Å²) in [6.07, 6.45) is 1.87.